The van der Waals surface area contributed by atoms with Crippen molar-refractivity contribution in [2.24, 2.45) is 10.9 Å². The van der Waals surface area contributed by atoms with Gasteiger partial charge in [0.2, 0.25) is 0 Å². The summed E-state index contributed by atoms with van der Waals surface area (Å²) in [5.74, 6) is 2.56. The van der Waals surface area contributed by atoms with Gasteiger partial charge in [-0.1, -0.05) is 18.2 Å². The van der Waals surface area contributed by atoms with Crippen molar-refractivity contribution in [3.63, 3.8) is 0 Å². The van der Waals surface area contributed by atoms with Crippen LogP contribution < -0.4 is 15.4 Å². The number of unbranched alkanes of at least 4 members (excludes halogenated alkanes) is 1. The minimum Gasteiger partial charge on any atom is -0.493 e. The van der Waals surface area contributed by atoms with E-state index < -0.39 is 0 Å². The Morgan fingerprint density at radius 3 is 2.79 bits per heavy atom. The Morgan fingerprint density at radius 2 is 2.04 bits per heavy atom. The first-order chi connectivity index (χ1) is 11.8. The predicted octanol–water partition coefficient (Wildman–Crippen LogP) is 2.96. The number of benzene rings is 1. The summed E-state index contributed by atoms with van der Waals surface area (Å²) in [6, 6.07) is 8.22. The standard InChI is InChI=1S/C19H31N3O2/c1-3-23-13-7-6-12-21-19(20-2)22-14-17-8-4-5-9-18(17)24-15-16-10-11-16/h4-5,8-9,16H,3,6-7,10-15H2,1-2H3,(H2,20,21,22). The third-order valence-corrected chi connectivity index (χ3v) is 4.03. The maximum Gasteiger partial charge on any atom is 0.191 e. The summed E-state index contributed by atoms with van der Waals surface area (Å²) in [5.41, 5.74) is 1.16. The van der Waals surface area contributed by atoms with E-state index in [4.69, 9.17) is 9.47 Å². The average molecular weight is 333 g/mol. The fourth-order valence-corrected chi connectivity index (χ4v) is 2.36. The molecule has 24 heavy (non-hydrogen) atoms. The topological polar surface area (TPSA) is 54.9 Å². The molecule has 5 heteroatoms. The molecular weight excluding hydrogens is 302 g/mol. The van der Waals surface area contributed by atoms with Crippen LogP contribution in [0.2, 0.25) is 0 Å². The van der Waals surface area contributed by atoms with Crippen molar-refractivity contribution < 1.29 is 9.47 Å². The lowest BCUT2D eigenvalue weighted by molar-refractivity contribution is 0.143. The van der Waals surface area contributed by atoms with Gasteiger partial charge in [-0.2, -0.15) is 0 Å². The van der Waals surface area contributed by atoms with Crippen LogP contribution in [0.4, 0.5) is 0 Å². The molecule has 1 aromatic carbocycles. The number of aliphatic imine (C=N–C) groups is 1. The van der Waals surface area contributed by atoms with Crippen LogP contribution in [0, 0.1) is 5.92 Å². The highest BCUT2D eigenvalue weighted by Gasteiger charge is 2.22. The van der Waals surface area contributed by atoms with E-state index in [2.05, 4.69) is 21.7 Å². The zero-order valence-electron chi connectivity index (χ0n) is 15.0. The van der Waals surface area contributed by atoms with E-state index in [-0.39, 0.29) is 0 Å². The third-order valence-electron chi connectivity index (χ3n) is 4.03. The molecule has 5 nitrogen and oxygen atoms in total. The highest BCUT2D eigenvalue weighted by Crippen LogP contribution is 2.30. The number of hydrogen-bond donors (Lipinski definition) is 2. The lowest BCUT2D eigenvalue weighted by Crippen LogP contribution is -2.37. The molecule has 1 aliphatic carbocycles. The van der Waals surface area contributed by atoms with E-state index in [1.165, 1.54) is 12.8 Å². The molecule has 0 bridgehead atoms. The van der Waals surface area contributed by atoms with Crippen LogP contribution in [-0.2, 0) is 11.3 Å². The van der Waals surface area contributed by atoms with E-state index in [0.717, 1.165) is 62.4 Å². The molecule has 1 saturated carbocycles. The summed E-state index contributed by atoms with van der Waals surface area (Å²) in [7, 11) is 1.80. The first-order valence-electron chi connectivity index (χ1n) is 9.06. The smallest absolute Gasteiger partial charge is 0.191 e. The van der Waals surface area contributed by atoms with Crippen molar-refractivity contribution in [1.29, 1.82) is 0 Å². The molecule has 0 atom stereocenters. The summed E-state index contributed by atoms with van der Waals surface area (Å²) in [6.07, 6.45) is 4.75. The van der Waals surface area contributed by atoms with Crippen LogP contribution >= 0.6 is 0 Å². The van der Waals surface area contributed by atoms with Crippen molar-refractivity contribution in [2.45, 2.75) is 39.2 Å². The molecule has 1 fully saturated rings. The van der Waals surface area contributed by atoms with Gasteiger partial charge in [0.05, 0.1) is 6.61 Å². The summed E-state index contributed by atoms with van der Waals surface area (Å²) in [5, 5.41) is 6.70. The van der Waals surface area contributed by atoms with Crippen LogP contribution in [-0.4, -0.2) is 39.4 Å². The fourth-order valence-electron chi connectivity index (χ4n) is 2.36. The molecule has 1 aromatic rings. The van der Waals surface area contributed by atoms with Crippen LogP contribution in [0.5, 0.6) is 5.75 Å². The SMILES string of the molecule is CCOCCCCNC(=NC)NCc1ccccc1OCC1CC1. The van der Waals surface area contributed by atoms with Crippen LogP contribution in [0.25, 0.3) is 0 Å². The van der Waals surface area contributed by atoms with Crippen LogP contribution in [0.15, 0.2) is 29.3 Å². The average Bonchev–Trinajstić information content (AvgIpc) is 3.44. The molecule has 0 aromatic heterocycles. The predicted molar refractivity (Wildman–Crippen MR) is 98.6 cm³/mol. The molecule has 0 radical (unpaired) electrons. The van der Waals surface area contributed by atoms with Crippen molar-refractivity contribution in [3.05, 3.63) is 29.8 Å². The van der Waals surface area contributed by atoms with E-state index in [1.807, 2.05) is 25.1 Å². The summed E-state index contributed by atoms with van der Waals surface area (Å²) >= 11 is 0. The first-order valence-corrected chi connectivity index (χ1v) is 9.06. The molecule has 134 valence electrons. The van der Waals surface area contributed by atoms with E-state index in [1.54, 1.807) is 7.05 Å². The monoisotopic (exact) mass is 333 g/mol. The molecule has 0 saturated heterocycles. The van der Waals surface area contributed by atoms with Gasteiger partial charge in [0.25, 0.3) is 0 Å². The number of rotatable bonds is 11. The Bertz CT molecular complexity index is 501. The van der Waals surface area contributed by atoms with Crippen molar-refractivity contribution in [3.8, 4) is 5.75 Å². The maximum atomic E-state index is 5.95. The van der Waals surface area contributed by atoms with Gasteiger partial charge in [0.15, 0.2) is 5.96 Å². The molecule has 0 aliphatic heterocycles. The lowest BCUT2D eigenvalue weighted by Gasteiger charge is -2.14. The largest absolute Gasteiger partial charge is 0.493 e. The molecule has 2 N–H and O–H groups in total. The highest BCUT2D eigenvalue weighted by molar-refractivity contribution is 5.79. The number of guanidine groups is 1. The Hall–Kier alpha value is -1.75. The fraction of sp³-hybridized carbons (Fsp3) is 0.632. The summed E-state index contributed by atoms with van der Waals surface area (Å²) in [6.45, 7) is 6.08. The molecule has 0 spiro atoms. The zero-order valence-corrected chi connectivity index (χ0v) is 15.0. The Kier molecular flexibility index (Phi) is 8.46. The van der Waals surface area contributed by atoms with Gasteiger partial charge < -0.3 is 20.1 Å². The second kappa shape index (κ2) is 10.9. The molecular formula is C19H31N3O2. The van der Waals surface area contributed by atoms with Crippen molar-refractivity contribution >= 4 is 5.96 Å². The molecule has 0 heterocycles. The summed E-state index contributed by atoms with van der Waals surface area (Å²) in [4.78, 5) is 4.27. The Balaban J connectivity index is 1.70. The molecule has 2 rings (SSSR count). The van der Waals surface area contributed by atoms with Gasteiger partial charge >= 0.3 is 0 Å². The van der Waals surface area contributed by atoms with Gasteiger partial charge in [0.1, 0.15) is 5.75 Å². The van der Waals surface area contributed by atoms with E-state index >= 15 is 0 Å². The zero-order chi connectivity index (χ0) is 17.0. The Morgan fingerprint density at radius 1 is 1.21 bits per heavy atom. The number of nitrogens with one attached hydrogen (secondary N) is 2. The minimum absolute atomic E-state index is 0.708. The third kappa shape index (κ3) is 7.21. The second-order valence-electron chi connectivity index (χ2n) is 6.12. The molecule has 0 unspecified atom stereocenters. The minimum atomic E-state index is 0.708. The number of hydrogen-bond acceptors (Lipinski definition) is 3. The normalized spacial score (nSPS) is 14.5. The van der Waals surface area contributed by atoms with E-state index in [0.29, 0.717) is 6.54 Å². The highest BCUT2D eigenvalue weighted by atomic mass is 16.5. The van der Waals surface area contributed by atoms with Gasteiger partial charge in [0, 0.05) is 38.9 Å². The van der Waals surface area contributed by atoms with Gasteiger partial charge in [-0.25, -0.2) is 0 Å². The molecule has 1 aliphatic rings. The van der Waals surface area contributed by atoms with E-state index in [9.17, 15) is 0 Å². The maximum absolute atomic E-state index is 5.95. The quantitative estimate of drug-likeness (QED) is 0.371. The Labute approximate surface area is 145 Å². The number of nitrogens with zero attached hydrogens (tertiary/aromatic N) is 1. The van der Waals surface area contributed by atoms with Gasteiger partial charge in [-0.05, 0) is 44.6 Å². The number of ether oxygens (including phenoxy) is 2. The van der Waals surface area contributed by atoms with Crippen molar-refractivity contribution in [2.75, 3.05) is 33.4 Å². The van der Waals surface area contributed by atoms with Crippen molar-refractivity contribution in [1.82, 2.24) is 10.6 Å². The lowest BCUT2D eigenvalue weighted by atomic mass is 10.2. The van der Waals surface area contributed by atoms with Gasteiger partial charge in [-0.3, -0.25) is 4.99 Å². The van der Waals surface area contributed by atoms with Crippen LogP contribution in [0.1, 0.15) is 38.2 Å². The van der Waals surface area contributed by atoms with Gasteiger partial charge in [-0.15, -0.1) is 0 Å². The first kappa shape index (κ1) is 18.6. The second-order valence-corrected chi connectivity index (χ2v) is 6.12. The molecule has 0 amide bonds. The summed E-state index contributed by atoms with van der Waals surface area (Å²) < 4.78 is 11.3. The van der Waals surface area contributed by atoms with Crippen LogP contribution in [0.3, 0.4) is 0 Å². The number of para-hydroxylation sites is 1.